The number of Topliss-reactive ketones (excluding diaryl/α,β-unsaturated/α-hetero) is 2. The molecule has 2 bridgehead atoms. The maximum absolute atomic E-state index is 13.7. The van der Waals surface area contributed by atoms with Crippen molar-refractivity contribution in [2.24, 2.45) is 22.7 Å². The van der Waals surface area contributed by atoms with Crippen LogP contribution in [0, 0.1) is 22.7 Å². The Morgan fingerprint density at radius 3 is 2.25 bits per heavy atom. The van der Waals surface area contributed by atoms with Crippen molar-refractivity contribution >= 4 is 23.5 Å². The number of epoxide rings is 1. The van der Waals surface area contributed by atoms with E-state index in [1.807, 2.05) is 13.8 Å². The van der Waals surface area contributed by atoms with Gasteiger partial charge in [-0.15, -0.1) is 0 Å². The van der Waals surface area contributed by atoms with Gasteiger partial charge in [0.2, 0.25) is 0 Å². The molecule has 1 N–H and O–H groups in total. The Morgan fingerprint density at radius 1 is 1.06 bits per heavy atom. The van der Waals surface area contributed by atoms with Crippen molar-refractivity contribution in [3.63, 3.8) is 0 Å². The van der Waals surface area contributed by atoms with Crippen LogP contribution in [0.15, 0.2) is 12.2 Å². The molecule has 4 aliphatic rings. The van der Waals surface area contributed by atoms with E-state index in [2.05, 4.69) is 6.58 Å². The smallest absolute Gasteiger partial charge is 0.302 e. The summed E-state index contributed by atoms with van der Waals surface area (Å²) in [5, 5.41) is 11.3. The van der Waals surface area contributed by atoms with Crippen molar-refractivity contribution < 1.29 is 38.5 Å². The molecule has 8 nitrogen and oxygen atoms in total. The largest absolute Gasteiger partial charge is 0.462 e. The number of rotatable bonds is 2. The number of carbonyl (C=O) groups excluding carboxylic acids is 4. The normalized spacial score (nSPS) is 44.9. The number of ketones is 2. The predicted octanol–water partition coefficient (Wildman–Crippen LogP) is 1.91. The first-order chi connectivity index (χ1) is 14.8. The van der Waals surface area contributed by atoms with Crippen molar-refractivity contribution in [3.8, 4) is 0 Å². The van der Waals surface area contributed by atoms with Crippen LogP contribution in [0.2, 0.25) is 0 Å². The summed E-state index contributed by atoms with van der Waals surface area (Å²) in [6, 6.07) is 0. The Labute approximate surface area is 187 Å². The number of esters is 2. The van der Waals surface area contributed by atoms with Crippen molar-refractivity contribution in [1.82, 2.24) is 0 Å². The Bertz CT molecular complexity index is 906. The van der Waals surface area contributed by atoms with E-state index >= 15 is 0 Å². The number of aliphatic hydroxyl groups is 1. The predicted molar refractivity (Wildman–Crippen MR) is 111 cm³/mol. The van der Waals surface area contributed by atoms with E-state index < -0.39 is 58.7 Å². The minimum atomic E-state index is -1.32. The lowest BCUT2D eigenvalue weighted by molar-refractivity contribution is -0.205. The van der Waals surface area contributed by atoms with Crippen LogP contribution in [-0.2, 0) is 33.4 Å². The lowest BCUT2D eigenvalue weighted by Gasteiger charge is -2.56. The van der Waals surface area contributed by atoms with Crippen molar-refractivity contribution in [1.29, 1.82) is 0 Å². The molecule has 8 heteroatoms. The SMILES string of the molecule is C=C1C(=O)[C@]23O[C@@H]2[C@H]1CCC(=O)[C@]1(C)[C@@H](OC(C)=O)C[C@H](OC(C)=O)C(C)(C)[C@H]1C[C@H]3O. The lowest BCUT2D eigenvalue weighted by Crippen LogP contribution is -2.62. The second-order valence-electron chi connectivity index (χ2n) is 10.6. The average Bonchev–Trinajstić information content (AvgIpc) is 3.39. The highest BCUT2D eigenvalue weighted by atomic mass is 16.6. The third-order valence-electron chi connectivity index (χ3n) is 8.55. The van der Waals surface area contributed by atoms with Crippen LogP contribution in [-0.4, -0.2) is 58.6 Å². The summed E-state index contributed by atoms with van der Waals surface area (Å²) < 4.78 is 17.0. The summed E-state index contributed by atoms with van der Waals surface area (Å²) in [6.45, 7) is 12.1. The Balaban J connectivity index is 1.82. The first kappa shape index (κ1) is 23.1. The summed E-state index contributed by atoms with van der Waals surface area (Å²) in [6.07, 6.45) is -2.30. The van der Waals surface area contributed by atoms with Crippen LogP contribution in [0.25, 0.3) is 0 Å². The first-order valence-corrected chi connectivity index (χ1v) is 11.2. The third-order valence-corrected chi connectivity index (χ3v) is 8.55. The molecule has 176 valence electrons. The van der Waals surface area contributed by atoms with Gasteiger partial charge in [-0.3, -0.25) is 19.2 Å². The van der Waals surface area contributed by atoms with Crippen LogP contribution in [0.4, 0.5) is 0 Å². The molecule has 0 aromatic rings. The van der Waals surface area contributed by atoms with Crippen LogP contribution >= 0.6 is 0 Å². The van der Waals surface area contributed by atoms with E-state index in [1.54, 1.807) is 6.92 Å². The second kappa shape index (κ2) is 7.22. The average molecular weight is 449 g/mol. The molecule has 0 aromatic carbocycles. The van der Waals surface area contributed by atoms with Gasteiger partial charge in [-0.05, 0) is 31.3 Å². The molecule has 0 amide bonds. The maximum Gasteiger partial charge on any atom is 0.302 e. The minimum Gasteiger partial charge on any atom is -0.462 e. The number of ether oxygens (including phenoxy) is 3. The topological polar surface area (TPSA) is 120 Å². The Morgan fingerprint density at radius 2 is 1.66 bits per heavy atom. The summed E-state index contributed by atoms with van der Waals surface area (Å²) in [7, 11) is 0. The zero-order valence-electron chi connectivity index (χ0n) is 19.3. The van der Waals surface area contributed by atoms with Gasteiger partial charge in [-0.2, -0.15) is 0 Å². The molecule has 1 aliphatic heterocycles. The molecular formula is C24H32O8. The first-order valence-electron chi connectivity index (χ1n) is 11.2. The van der Waals surface area contributed by atoms with Gasteiger partial charge in [0.1, 0.15) is 24.1 Å². The monoisotopic (exact) mass is 448 g/mol. The lowest BCUT2D eigenvalue weighted by atomic mass is 9.50. The summed E-state index contributed by atoms with van der Waals surface area (Å²) in [5.74, 6) is -2.26. The van der Waals surface area contributed by atoms with E-state index in [0.29, 0.717) is 12.0 Å². The third kappa shape index (κ3) is 3.02. The highest BCUT2D eigenvalue weighted by molar-refractivity contribution is 6.08. The molecule has 0 aromatic heterocycles. The molecule has 3 saturated carbocycles. The fourth-order valence-electron chi connectivity index (χ4n) is 6.70. The molecule has 1 heterocycles. The molecule has 32 heavy (non-hydrogen) atoms. The van der Waals surface area contributed by atoms with Gasteiger partial charge in [0.15, 0.2) is 11.4 Å². The van der Waals surface area contributed by atoms with Gasteiger partial charge >= 0.3 is 11.9 Å². The molecule has 0 radical (unpaired) electrons. The Hall–Kier alpha value is -2.06. The van der Waals surface area contributed by atoms with E-state index in [1.165, 1.54) is 13.8 Å². The van der Waals surface area contributed by atoms with Crippen molar-refractivity contribution in [2.45, 2.75) is 90.3 Å². The quantitative estimate of drug-likeness (QED) is 0.386. The molecule has 4 rings (SSSR count). The van der Waals surface area contributed by atoms with Gasteiger partial charge < -0.3 is 19.3 Å². The highest BCUT2D eigenvalue weighted by Crippen LogP contribution is 2.62. The number of carbonyl (C=O) groups is 4. The van der Waals surface area contributed by atoms with Crippen molar-refractivity contribution in [3.05, 3.63) is 12.2 Å². The zero-order valence-corrected chi connectivity index (χ0v) is 19.3. The van der Waals surface area contributed by atoms with Gasteiger partial charge in [0.25, 0.3) is 0 Å². The minimum absolute atomic E-state index is 0.0625. The van der Waals surface area contributed by atoms with E-state index in [4.69, 9.17) is 14.2 Å². The zero-order chi connectivity index (χ0) is 23.8. The van der Waals surface area contributed by atoms with Gasteiger partial charge in [0.05, 0.1) is 11.5 Å². The van der Waals surface area contributed by atoms with Crippen LogP contribution in [0.1, 0.15) is 60.3 Å². The molecule has 8 atom stereocenters. The molecule has 0 unspecified atom stereocenters. The van der Waals surface area contributed by atoms with Gasteiger partial charge in [-0.25, -0.2) is 0 Å². The van der Waals surface area contributed by atoms with E-state index in [0.717, 1.165) is 0 Å². The summed E-state index contributed by atoms with van der Waals surface area (Å²) >= 11 is 0. The molecule has 1 saturated heterocycles. The number of fused-ring (bicyclic) bond motifs is 1. The molecule has 3 aliphatic carbocycles. The van der Waals surface area contributed by atoms with Crippen LogP contribution in [0.3, 0.4) is 0 Å². The Kier molecular flexibility index (Phi) is 5.21. The van der Waals surface area contributed by atoms with E-state index in [9.17, 15) is 24.3 Å². The molecule has 0 spiro atoms. The summed E-state index contributed by atoms with van der Waals surface area (Å²) in [4.78, 5) is 50.5. The number of hydrogen-bond acceptors (Lipinski definition) is 8. The van der Waals surface area contributed by atoms with Crippen LogP contribution < -0.4 is 0 Å². The number of hydrogen-bond donors (Lipinski definition) is 1. The molecule has 4 fully saturated rings. The fraction of sp³-hybridized carbons (Fsp3) is 0.750. The molecular weight excluding hydrogens is 416 g/mol. The van der Waals surface area contributed by atoms with Gasteiger partial charge in [-0.1, -0.05) is 20.4 Å². The van der Waals surface area contributed by atoms with Gasteiger partial charge in [0, 0.05) is 38.0 Å². The van der Waals surface area contributed by atoms with E-state index in [-0.39, 0.29) is 36.7 Å². The number of aliphatic hydroxyl groups excluding tert-OH is 1. The fourth-order valence-corrected chi connectivity index (χ4v) is 6.70. The summed E-state index contributed by atoms with van der Waals surface area (Å²) in [5.41, 5.74) is -2.79. The maximum atomic E-state index is 13.7. The van der Waals surface area contributed by atoms with Crippen LogP contribution in [0.5, 0.6) is 0 Å². The van der Waals surface area contributed by atoms with Crippen molar-refractivity contribution in [2.75, 3.05) is 0 Å². The highest BCUT2D eigenvalue weighted by Gasteiger charge is 2.76. The standard InChI is InChI=1S/C24H32O8/c1-11-14-7-8-16(27)23(6)15(9-17(28)24(20(11)29)21(14)32-24)22(4,5)18(30-12(2)25)10-19(23)31-13(3)26/h14-15,17-19,21,28H,1,7-10H2,2-6H3/t14-,15+,17+,18-,19-,21+,23+,24-/m0/s1. The second-order valence-corrected chi connectivity index (χ2v) is 10.6.